The van der Waals surface area contributed by atoms with Crippen LogP contribution in [0, 0.1) is 6.92 Å². The Morgan fingerprint density at radius 1 is 1.10 bits per heavy atom. The maximum absolute atomic E-state index is 6.40. The second kappa shape index (κ2) is 6.96. The van der Waals surface area contributed by atoms with Crippen molar-refractivity contribution in [3.63, 3.8) is 0 Å². The number of hydrogen-bond donors (Lipinski definition) is 1. The molecule has 2 aromatic rings. The fraction of sp³-hybridized carbons (Fsp3) is 0.294. The van der Waals surface area contributed by atoms with Gasteiger partial charge in [-0.1, -0.05) is 24.3 Å². The molecular weight excluding hydrogens is 330 g/mol. The van der Waals surface area contributed by atoms with E-state index in [9.17, 15) is 0 Å². The summed E-state index contributed by atoms with van der Waals surface area (Å²) in [7, 11) is 3.29. The van der Waals surface area contributed by atoms with Crippen LogP contribution >= 0.6 is 15.9 Å². The van der Waals surface area contributed by atoms with Crippen LogP contribution in [0.1, 0.15) is 22.7 Å². The van der Waals surface area contributed by atoms with Crippen molar-refractivity contribution in [1.82, 2.24) is 0 Å². The molecule has 0 spiro atoms. The highest BCUT2D eigenvalue weighted by Gasteiger charge is 2.16. The Morgan fingerprint density at radius 2 is 1.76 bits per heavy atom. The summed E-state index contributed by atoms with van der Waals surface area (Å²) in [6.45, 7) is 2.10. The van der Waals surface area contributed by atoms with Gasteiger partial charge in [-0.25, -0.2) is 0 Å². The predicted molar refractivity (Wildman–Crippen MR) is 89.1 cm³/mol. The van der Waals surface area contributed by atoms with Crippen LogP contribution in [-0.2, 0) is 6.42 Å². The lowest BCUT2D eigenvalue weighted by Crippen LogP contribution is -2.15. The van der Waals surface area contributed by atoms with Crippen molar-refractivity contribution in [3.8, 4) is 11.5 Å². The van der Waals surface area contributed by atoms with E-state index >= 15 is 0 Å². The van der Waals surface area contributed by atoms with Crippen LogP contribution < -0.4 is 15.2 Å². The molecular formula is C17H20BrNO2. The molecule has 2 aromatic carbocycles. The van der Waals surface area contributed by atoms with Gasteiger partial charge in [0.25, 0.3) is 0 Å². The minimum Gasteiger partial charge on any atom is -0.496 e. The molecule has 0 fully saturated rings. The molecule has 1 atom stereocenters. The second-order valence-electron chi connectivity index (χ2n) is 4.97. The van der Waals surface area contributed by atoms with E-state index in [2.05, 4.69) is 35.0 Å². The van der Waals surface area contributed by atoms with E-state index in [1.807, 2.05) is 24.3 Å². The molecule has 0 aliphatic heterocycles. The van der Waals surface area contributed by atoms with E-state index in [0.717, 1.165) is 28.0 Å². The highest BCUT2D eigenvalue weighted by Crippen LogP contribution is 2.36. The van der Waals surface area contributed by atoms with E-state index < -0.39 is 0 Å². The summed E-state index contributed by atoms with van der Waals surface area (Å²) >= 11 is 3.46. The average Bonchev–Trinajstić information content (AvgIpc) is 2.49. The van der Waals surface area contributed by atoms with Crippen LogP contribution in [0.25, 0.3) is 0 Å². The van der Waals surface area contributed by atoms with Crippen LogP contribution in [0.2, 0.25) is 0 Å². The van der Waals surface area contributed by atoms with Gasteiger partial charge in [-0.2, -0.15) is 0 Å². The SMILES string of the molecule is COc1cc(C(N)Cc2ccccc2C)c(OC)cc1Br. The van der Waals surface area contributed by atoms with Crippen molar-refractivity contribution in [2.24, 2.45) is 5.73 Å². The molecule has 0 saturated carbocycles. The first-order valence-electron chi connectivity index (χ1n) is 6.78. The number of nitrogens with two attached hydrogens (primary N) is 1. The fourth-order valence-electron chi connectivity index (χ4n) is 2.36. The van der Waals surface area contributed by atoms with Gasteiger partial charge in [-0.3, -0.25) is 0 Å². The zero-order valence-electron chi connectivity index (χ0n) is 12.5. The molecule has 0 bridgehead atoms. The Kier molecular flexibility index (Phi) is 5.26. The van der Waals surface area contributed by atoms with E-state index in [1.165, 1.54) is 11.1 Å². The lowest BCUT2D eigenvalue weighted by atomic mass is 9.96. The minimum atomic E-state index is -0.150. The Hall–Kier alpha value is -1.52. The van der Waals surface area contributed by atoms with Gasteiger partial charge in [0.05, 0.1) is 18.7 Å². The van der Waals surface area contributed by atoms with Crippen LogP contribution in [0.5, 0.6) is 11.5 Å². The predicted octanol–water partition coefficient (Wildman–Crippen LogP) is 4.02. The molecule has 0 radical (unpaired) electrons. The summed E-state index contributed by atoms with van der Waals surface area (Å²) < 4.78 is 11.7. The van der Waals surface area contributed by atoms with Crippen molar-refractivity contribution in [1.29, 1.82) is 0 Å². The molecule has 2 rings (SSSR count). The van der Waals surface area contributed by atoms with Gasteiger partial charge in [0.2, 0.25) is 0 Å². The summed E-state index contributed by atoms with van der Waals surface area (Å²) in [4.78, 5) is 0. The number of hydrogen-bond acceptors (Lipinski definition) is 3. The molecule has 21 heavy (non-hydrogen) atoms. The summed E-state index contributed by atoms with van der Waals surface area (Å²) in [5.74, 6) is 1.52. The largest absolute Gasteiger partial charge is 0.496 e. The van der Waals surface area contributed by atoms with Gasteiger partial charge >= 0.3 is 0 Å². The molecule has 112 valence electrons. The van der Waals surface area contributed by atoms with Crippen LogP contribution in [-0.4, -0.2) is 14.2 Å². The van der Waals surface area contributed by atoms with Crippen LogP contribution in [0.15, 0.2) is 40.9 Å². The maximum Gasteiger partial charge on any atom is 0.133 e. The molecule has 1 unspecified atom stereocenters. The highest BCUT2D eigenvalue weighted by atomic mass is 79.9. The van der Waals surface area contributed by atoms with Crippen molar-refractivity contribution < 1.29 is 9.47 Å². The van der Waals surface area contributed by atoms with Gasteiger partial charge in [-0.15, -0.1) is 0 Å². The van der Waals surface area contributed by atoms with Crippen molar-refractivity contribution in [2.45, 2.75) is 19.4 Å². The first-order chi connectivity index (χ1) is 10.1. The molecule has 0 amide bonds. The number of aryl methyl sites for hydroxylation is 1. The van der Waals surface area contributed by atoms with Crippen LogP contribution in [0.3, 0.4) is 0 Å². The normalized spacial score (nSPS) is 12.0. The quantitative estimate of drug-likeness (QED) is 0.886. The maximum atomic E-state index is 6.40. The van der Waals surface area contributed by atoms with Crippen molar-refractivity contribution >= 4 is 15.9 Å². The summed E-state index contributed by atoms with van der Waals surface area (Å²) in [5, 5.41) is 0. The van der Waals surface area contributed by atoms with Gasteiger partial charge < -0.3 is 15.2 Å². The van der Waals surface area contributed by atoms with Gasteiger partial charge in [0.1, 0.15) is 11.5 Å². The first-order valence-corrected chi connectivity index (χ1v) is 7.57. The Bertz CT molecular complexity index is 628. The third-order valence-corrected chi connectivity index (χ3v) is 4.22. The average molecular weight is 350 g/mol. The topological polar surface area (TPSA) is 44.5 Å². The third kappa shape index (κ3) is 3.57. The number of halogens is 1. The van der Waals surface area contributed by atoms with Gasteiger partial charge in [0, 0.05) is 11.6 Å². The standard InChI is InChI=1S/C17H20BrNO2/c1-11-6-4-5-7-12(11)8-15(19)13-9-17(21-3)14(18)10-16(13)20-2/h4-7,9-10,15H,8,19H2,1-3H3. The summed E-state index contributed by atoms with van der Waals surface area (Å²) in [5.41, 5.74) is 9.83. The third-order valence-electron chi connectivity index (χ3n) is 3.60. The fourth-order valence-corrected chi connectivity index (χ4v) is 2.84. The lowest BCUT2D eigenvalue weighted by Gasteiger charge is -2.18. The van der Waals surface area contributed by atoms with Crippen LogP contribution in [0.4, 0.5) is 0 Å². The lowest BCUT2D eigenvalue weighted by molar-refractivity contribution is 0.393. The Balaban J connectivity index is 2.34. The monoisotopic (exact) mass is 349 g/mol. The molecule has 0 aromatic heterocycles. The molecule has 4 heteroatoms. The second-order valence-corrected chi connectivity index (χ2v) is 5.82. The van der Waals surface area contributed by atoms with Gasteiger partial charge in [0.15, 0.2) is 0 Å². The van der Waals surface area contributed by atoms with Crippen molar-refractivity contribution in [3.05, 3.63) is 57.6 Å². The molecule has 0 aliphatic carbocycles. The van der Waals surface area contributed by atoms with E-state index in [4.69, 9.17) is 15.2 Å². The molecule has 3 nitrogen and oxygen atoms in total. The highest BCUT2D eigenvalue weighted by molar-refractivity contribution is 9.10. The van der Waals surface area contributed by atoms with Crippen molar-refractivity contribution in [2.75, 3.05) is 14.2 Å². The summed E-state index contributed by atoms with van der Waals surface area (Å²) in [6.07, 6.45) is 0.758. The zero-order valence-corrected chi connectivity index (χ0v) is 14.1. The van der Waals surface area contributed by atoms with E-state index in [-0.39, 0.29) is 6.04 Å². The number of ether oxygens (including phenoxy) is 2. The van der Waals surface area contributed by atoms with E-state index in [0.29, 0.717) is 0 Å². The van der Waals surface area contributed by atoms with Gasteiger partial charge in [-0.05, 0) is 52.5 Å². The smallest absolute Gasteiger partial charge is 0.133 e. The van der Waals surface area contributed by atoms with E-state index in [1.54, 1.807) is 14.2 Å². The molecule has 0 heterocycles. The number of benzene rings is 2. The summed E-state index contributed by atoms with van der Waals surface area (Å²) in [6, 6.07) is 12.0. The number of methoxy groups -OCH3 is 2. The Labute approximate surface area is 134 Å². The molecule has 2 N–H and O–H groups in total. The molecule has 0 aliphatic rings. The molecule has 0 saturated heterocycles. The number of rotatable bonds is 5. The minimum absolute atomic E-state index is 0.150. The first kappa shape index (κ1) is 15.9. The zero-order chi connectivity index (χ0) is 15.4. The Morgan fingerprint density at radius 3 is 2.38 bits per heavy atom.